The van der Waals surface area contributed by atoms with Gasteiger partial charge in [-0.2, -0.15) is 13.2 Å². The van der Waals surface area contributed by atoms with Crippen LogP contribution in [0.5, 0.6) is 0 Å². The first-order chi connectivity index (χ1) is 11.9. The lowest BCUT2D eigenvalue weighted by atomic mass is 9.67. The predicted molar refractivity (Wildman–Crippen MR) is 84.4 cm³/mol. The minimum atomic E-state index is -4.72. The molecular formula is C17H15ClF3NO4. The number of anilines is 1. The van der Waals surface area contributed by atoms with Gasteiger partial charge in [-0.1, -0.05) is 11.6 Å². The molecule has 5 atom stereocenters. The molecule has 4 rings (SSSR count). The molecule has 0 spiro atoms. The summed E-state index contributed by atoms with van der Waals surface area (Å²) in [7, 11) is 0. The molecule has 5 unspecified atom stereocenters. The summed E-state index contributed by atoms with van der Waals surface area (Å²) in [6.45, 7) is 3.20. The van der Waals surface area contributed by atoms with Crippen LogP contribution in [0.15, 0.2) is 18.2 Å². The summed E-state index contributed by atoms with van der Waals surface area (Å²) in [5.74, 6) is -3.06. The first-order valence-electron chi connectivity index (χ1n) is 8.03. The van der Waals surface area contributed by atoms with Gasteiger partial charge in [0.2, 0.25) is 11.8 Å². The second-order valence-corrected chi connectivity index (χ2v) is 7.85. The van der Waals surface area contributed by atoms with E-state index in [4.69, 9.17) is 16.3 Å². The van der Waals surface area contributed by atoms with Crippen LogP contribution in [0, 0.1) is 11.8 Å². The molecule has 1 aromatic rings. The maximum Gasteiger partial charge on any atom is 0.417 e. The number of carbonyl (C=O) groups excluding carboxylic acids is 2. The monoisotopic (exact) mass is 389 g/mol. The molecule has 3 aliphatic heterocycles. The van der Waals surface area contributed by atoms with E-state index >= 15 is 0 Å². The Morgan fingerprint density at radius 3 is 2.46 bits per heavy atom. The third kappa shape index (κ3) is 2.06. The molecule has 1 N–H and O–H groups in total. The largest absolute Gasteiger partial charge is 0.417 e. The van der Waals surface area contributed by atoms with E-state index in [1.54, 1.807) is 13.8 Å². The highest BCUT2D eigenvalue weighted by molar-refractivity contribution is 6.31. The highest BCUT2D eigenvalue weighted by atomic mass is 35.5. The zero-order valence-electron chi connectivity index (χ0n) is 13.8. The van der Waals surface area contributed by atoms with Crippen molar-refractivity contribution in [2.75, 3.05) is 4.90 Å². The molecule has 1 aromatic carbocycles. The van der Waals surface area contributed by atoms with E-state index < -0.39 is 57.7 Å². The van der Waals surface area contributed by atoms with Crippen LogP contribution in [-0.4, -0.2) is 34.2 Å². The molecule has 9 heteroatoms. The minimum absolute atomic E-state index is 0.186. The Hall–Kier alpha value is -1.64. The number of ether oxygens (including phenoxy) is 1. The quantitative estimate of drug-likeness (QED) is 0.750. The van der Waals surface area contributed by atoms with E-state index in [0.717, 1.165) is 11.0 Å². The Balaban J connectivity index is 1.80. The lowest BCUT2D eigenvalue weighted by Crippen LogP contribution is -2.49. The van der Waals surface area contributed by atoms with Gasteiger partial charge in [0.15, 0.2) is 0 Å². The fourth-order valence-electron chi connectivity index (χ4n) is 4.65. The molecule has 140 valence electrons. The number of carbonyl (C=O) groups is 2. The van der Waals surface area contributed by atoms with Crippen LogP contribution < -0.4 is 4.90 Å². The first kappa shape index (κ1) is 17.8. The zero-order valence-corrected chi connectivity index (χ0v) is 14.6. The van der Waals surface area contributed by atoms with Crippen LogP contribution in [0.3, 0.4) is 0 Å². The van der Waals surface area contributed by atoms with Gasteiger partial charge in [-0.3, -0.25) is 9.59 Å². The number of halogens is 4. The number of aliphatic hydroxyl groups is 1. The summed E-state index contributed by atoms with van der Waals surface area (Å²) in [6.07, 6.45) is -5.46. The number of alkyl halides is 3. The topological polar surface area (TPSA) is 66.8 Å². The van der Waals surface area contributed by atoms with Crippen LogP contribution in [0.1, 0.15) is 25.8 Å². The van der Waals surface area contributed by atoms with E-state index in [9.17, 15) is 27.9 Å². The highest BCUT2D eigenvalue weighted by Gasteiger charge is 2.75. The van der Waals surface area contributed by atoms with Gasteiger partial charge in [0.25, 0.3) is 0 Å². The SMILES string of the molecule is CC12CC(O)C(C)(O1)C1C(=O)N(c3ccc(Cl)c(C(F)(F)F)c3)C(=O)C12. The number of fused-ring (bicyclic) bond motifs is 5. The van der Waals surface area contributed by atoms with Gasteiger partial charge in [0.05, 0.1) is 39.8 Å². The maximum absolute atomic E-state index is 13.1. The highest BCUT2D eigenvalue weighted by Crippen LogP contribution is 2.61. The Labute approximate surface area is 151 Å². The Bertz CT molecular complexity index is 844. The van der Waals surface area contributed by atoms with Crippen molar-refractivity contribution in [1.29, 1.82) is 0 Å². The van der Waals surface area contributed by atoms with Crippen molar-refractivity contribution in [2.45, 2.75) is 43.8 Å². The van der Waals surface area contributed by atoms with Crippen LogP contribution in [-0.2, 0) is 20.5 Å². The molecule has 3 heterocycles. The molecule has 3 saturated heterocycles. The zero-order chi connectivity index (χ0) is 19.2. The van der Waals surface area contributed by atoms with Gasteiger partial charge in [0, 0.05) is 6.42 Å². The van der Waals surface area contributed by atoms with Crippen LogP contribution >= 0.6 is 11.6 Å². The van der Waals surface area contributed by atoms with Gasteiger partial charge in [0.1, 0.15) is 5.60 Å². The molecule has 3 aliphatic rings. The van der Waals surface area contributed by atoms with E-state index in [1.807, 2.05) is 0 Å². The van der Waals surface area contributed by atoms with Crippen LogP contribution in [0.2, 0.25) is 5.02 Å². The molecule has 26 heavy (non-hydrogen) atoms. The average molecular weight is 390 g/mol. The Morgan fingerprint density at radius 1 is 1.23 bits per heavy atom. The second kappa shape index (κ2) is 4.99. The van der Waals surface area contributed by atoms with Crippen molar-refractivity contribution in [2.24, 2.45) is 11.8 Å². The lowest BCUT2D eigenvalue weighted by molar-refractivity contribution is -0.138. The summed E-state index contributed by atoms with van der Waals surface area (Å²) < 4.78 is 45.2. The number of benzene rings is 1. The third-order valence-electron chi connectivity index (χ3n) is 5.81. The van der Waals surface area contributed by atoms with Crippen molar-refractivity contribution >= 4 is 29.1 Å². The summed E-state index contributed by atoms with van der Waals surface area (Å²) in [5.41, 5.74) is -3.57. The molecule has 3 fully saturated rings. The average Bonchev–Trinajstić information content (AvgIpc) is 3.01. The van der Waals surface area contributed by atoms with Gasteiger partial charge in [-0.05, 0) is 32.0 Å². The standard InChI is InChI=1S/C17H15ClF3NO4/c1-15-6-10(23)16(2,26-15)12-11(15)13(24)22(14(12)25)7-3-4-9(18)8(5-7)17(19,20)21/h3-5,10-12,23H,6H2,1-2H3. The van der Waals surface area contributed by atoms with E-state index in [2.05, 4.69) is 0 Å². The summed E-state index contributed by atoms with van der Waals surface area (Å²) in [4.78, 5) is 26.6. The maximum atomic E-state index is 13.1. The van der Waals surface area contributed by atoms with Crippen molar-refractivity contribution in [1.82, 2.24) is 0 Å². The van der Waals surface area contributed by atoms with E-state index in [1.165, 1.54) is 6.07 Å². The van der Waals surface area contributed by atoms with Gasteiger partial charge >= 0.3 is 6.18 Å². The number of hydrogen-bond donors (Lipinski definition) is 1. The number of aliphatic hydroxyl groups excluding tert-OH is 1. The summed E-state index contributed by atoms with van der Waals surface area (Å²) in [5, 5.41) is 9.75. The van der Waals surface area contributed by atoms with E-state index in [-0.39, 0.29) is 12.1 Å². The van der Waals surface area contributed by atoms with Crippen molar-refractivity contribution in [3.05, 3.63) is 28.8 Å². The van der Waals surface area contributed by atoms with Crippen LogP contribution in [0.25, 0.3) is 0 Å². The number of hydrogen-bond acceptors (Lipinski definition) is 4. The first-order valence-corrected chi connectivity index (χ1v) is 8.41. The fraction of sp³-hybridized carbons (Fsp3) is 0.529. The number of imide groups is 1. The number of rotatable bonds is 1. The minimum Gasteiger partial charge on any atom is -0.390 e. The van der Waals surface area contributed by atoms with Crippen molar-refractivity contribution in [3.63, 3.8) is 0 Å². The molecule has 5 nitrogen and oxygen atoms in total. The molecule has 0 aliphatic carbocycles. The molecule has 2 bridgehead atoms. The molecular weight excluding hydrogens is 375 g/mol. The van der Waals surface area contributed by atoms with Crippen molar-refractivity contribution in [3.8, 4) is 0 Å². The number of nitrogens with zero attached hydrogens (tertiary/aromatic N) is 1. The molecule has 0 saturated carbocycles. The summed E-state index contributed by atoms with van der Waals surface area (Å²) in [6, 6.07) is 2.92. The molecule has 0 aromatic heterocycles. The molecule has 0 radical (unpaired) electrons. The third-order valence-corrected chi connectivity index (χ3v) is 6.14. The lowest BCUT2D eigenvalue weighted by Gasteiger charge is -2.31. The van der Waals surface area contributed by atoms with Crippen molar-refractivity contribution < 1.29 is 32.6 Å². The Kier molecular flexibility index (Phi) is 3.41. The predicted octanol–water partition coefficient (Wildman–Crippen LogP) is 2.78. The van der Waals surface area contributed by atoms with Gasteiger partial charge in [-0.15, -0.1) is 0 Å². The smallest absolute Gasteiger partial charge is 0.390 e. The van der Waals surface area contributed by atoms with Gasteiger partial charge < -0.3 is 9.84 Å². The number of amides is 2. The van der Waals surface area contributed by atoms with Gasteiger partial charge in [-0.25, -0.2) is 4.90 Å². The Morgan fingerprint density at radius 2 is 1.85 bits per heavy atom. The second-order valence-electron chi connectivity index (χ2n) is 7.45. The van der Waals surface area contributed by atoms with Crippen LogP contribution in [0.4, 0.5) is 18.9 Å². The fourth-order valence-corrected chi connectivity index (χ4v) is 4.87. The molecule has 2 amide bonds. The summed E-state index contributed by atoms with van der Waals surface area (Å²) >= 11 is 5.61. The van der Waals surface area contributed by atoms with E-state index in [0.29, 0.717) is 6.07 Å². The normalized spacial score (nSPS) is 39.0.